The van der Waals surface area contributed by atoms with E-state index in [-0.39, 0.29) is 30.7 Å². The number of halogens is 1. The monoisotopic (exact) mass is 295 g/mol. The fourth-order valence-electron chi connectivity index (χ4n) is 2.02. The lowest BCUT2D eigenvalue weighted by Crippen LogP contribution is -2.42. The second-order valence-electron chi connectivity index (χ2n) is 5.21. The Hall–Kier alpha value is -1.75. The summed E-state index contributed by atoms with van der Waals surface area (Å²) in [6.45, 7) is 7.37. The van der Waals surface area contributed by atoms with Gasteiger partial charge in [0.25, 0.3) is 0 Å². The number of benzene rings is 1. The molecular weight excluding hydrogens is 273 g/mol. The third kappa shape index (κ3) is 5.27. The van der Waals surface area contributed by atoms with Gasteiger partial charge in [0.2, 0.25) is 0 Å². The molecule has 1 aromatic rings. The van der Waals surface area contributed by atoms with Crippen molar-refractivity contribution in [3.63, 3.8) is 0 Å². The normalized spacial score (nSPS) is 12.3. The standard InChI is InChI=1S/C16H22FNO3/c1-5-21-15(19)9-14(18-10(2)3)16(20)12-6-7-13(17)11(4)8-12/h6-8,10,14,18H,5,9H2,1-4H3. The number of carbonyl (C=O) groups is 2. The van der Waals surface area contributed by atoms with E-state index in [1.54, 1.807) is 13.8 Å². The van der Waals surface area contributed by atoms with Gasteiger partial charge in [0.1, 0.15) is 5.82 Å². The Kier molecular flexibility index (Phi) is 6.49. The van der Waals surface area contributed by atoms with Gasteiger partial charge < -0.3 is 10.1 Å². The zero-order chi connectivity index (χ0) is 16.0. The van der Waals surface area contributed by atoms with Crippen LogP contribution < -0.4 is 5.32 Å². The van der Waals surface area contributed by atoms with E-state index in [2.05, 4.69) is 5.32 Å². The summed E-state index contributed by atoms with van der Waals surface area (Å²) in [5.74, 6) is -1.02. The van der Waals surface area contributed by atoms with Crippen molar-refractivity contribution in [2.24, 2.45) is 0 Å². The smallest absolute Gasteiger partial charge is 0.307 e. The number of carbonyl (C=O) groups excluding carboxylic acids is 2. The average molecular weight is 295 g/mol. The predicted molar refractivity (Wildman–Crippen MR) is 78.8 cm³/mol. The van der Waals surface area contributed by atoms with Gasteiger partial charge in [0.05, 0.1) is 19.1 Å². The van der Waals surface area contributed by atoms with Crippen molar-refractivity contribution in [2.75, 3.05) is 6.61 Å². The Morgan fingerprint density at radius 3 is 2.52 bits per heavy atom. The van der Waals surface area contributed by atoms with Crippen LogP contribution in [0.15, 0.2) is 18.2 Å². The third-order valence-electron chi connectivity index (χ3n) is 2.97. The molecule has 1 aromatic carbocycles. The molecule has 21 heavy (non-hydrogen) atoms. The Bertz CT molecular complexity index is 514. The van der Waals surface area contributed by atoms with Crippen LogP contribution in [0.3, 0.4) is 0 Å². The first-order valence-electron chi connectivity index (χ1n) is 7.07. The highest BCUT2D eigenvalue weighted by Crippen LogP contribution is 2.13. The fourth-order valence-corrected chi connectivity index (χ4v) is 2.02. The van der Waals surface area contributed by atoms with Gasteiger partial charge in [-0.3, -0.25) is 9.59 Å². The minimum atomic E-state index is -0.672. The first-order chi connectivity index (χ1) is 9.85. The maximum Gasteiger partial charge on any atom is 0.307 e. The molecule has 1 atom stereocenters. The van der Waals surface area contributed by atoms with Crippen LogP contribution >= 0.6 is 0 Å². The summed E-state index contributed by atoms with van der Waals surface area (Å²) in [6.07, 6.45) is -0.0404. The van der Waals surface area contributed by atoms with Crippen LogP contribution in [0.1, 0.15) is 43.1 Å². The lowest BCUT2D eigenvalue weighted by atomic mass is 9.99. The van der Waals surface area contributed by atoms with Crippen LogP contribution in [0.5, 0.6) is 0 Å². The Morgan fingerprint density at radius 2 is 2.00 bits per heavy atom. The molecular formula is C16H22FNO3. The van der Waals surface area contributed by atoms with Crippen LogP contribution in [0, 0.1) is 12.7 Å². The molecule has 0 aliphatic carbocycles. The first kappa shape index (κ1) is 17.3. The summed E-state index contributed by atoms with van der Waals surface area (Å²) in [7, 11) is 0. The van der Waals surface area contributed by atoms with E-state index in [0.717, 1.165) is 0 Å². The van der Waals surface area contributed by atoms with Crippen molar-refractivity contribution in [3.05, 3.63) is 35.1 Å². The van der Waals surface area contributed by atoms with Gasteiger partial charge in [-0.1, -0.05) is 13.8 Å². The molecule has 0 bridgehead atoms. The van der Waals surface area contributed by atoms with Crippen LogP contribution in [0.25, 0.3) is 0 Å². The van der Waals surface area contributed by atoms with Crippen molar-refractivity contribution in [3.8, 4) is 0 Å². The number of esters is 1. The number of hydrogen-bond acceptors (Lipinski definition) is 4. The number of hydrogen-bond donors (Lipinski definition) is 1. The Balaban J connectivity index is 2.92. The quantitative estimate of drug-likeness (QED) is 0.620. The van der Waals surface area contributed by atoms with E-state index in [4.69, 9.17) is 4.74 Å². The summed E-state index contributed by atoms with van der Waals surface area (Å²) in [4.78, 5) is 24.1. The number of nitrogens with one attached hydrogen (secondary N) is 1. The number of ketones is 1. The number of rotatable bonds is 7. The second kappa shape index (κ2) is 7.88. The molecule has 0 amide bonds. The van der Waals surface area contributed by atoms with Crippen molar-refractivity contribution < 1.29 is 18.7 Å². The molecule has 0 saturated carbocycles. The summed E-state index contributed by atoms with van der Waals surface area (Å²) >= 11 is 0. The second-order valence-corrected chi connectivity index (χ2v) is 5.21. The number of aryl methyl sites for hydroxylation is 1. The largest absolute Gasteiger partial charge is 0.466 e. The van der Waals surface area contributed by atoms with Crippen LogP contribution in [-0.2, 0) is 9.53 Å². The SMILES string of the molecule is CCOC(=O)CC(NC(C)C)C(=O)c1ccc(F)c(C)c1. The van der Waals surface area contributed by atoms with Crippen molar-refractivity contribution in [1.29, 1.82) is 0 Å². The molecule has 5 heteroatoms. The molecule has 0 heterocycles. The van der Waals surface area contributed by atoms with Gasteiger partial charge in [0, 0.05) is 11.6 Å². The number of ether oxygens (including phenoxy) is 1. The van der Waals surface area contributed by atoms with Gasteiger partial charge in [-0.25, -0.2) is 4.39 Å². The van der Waals surface area contributed by atoms with E-state index in [9.17, 15) is 14.0 Å². The summed E-state index contributed by atoms with van der Waals surface area (Å²) in [5, 5.41) is 3.06. The Morgan fingerprint density at radius 1 is 1.33 bits per heavy atom. The van der Waals surface area contributed by atoms with Crippen molar-refractivity contribution in [1.82, 2.24) is 5.32 Å². The molecule has 0 saturated heterocycles. The van der Waals surface area contributed by atoms with E-state index < -0.39 is 12.0 Å². The van der Waals surface area contributed by atoms with Crippen LogP contribution in [0.2, 0.25) is 0 Å². The van der Waals surface area contributed by atoms with Gasteiger partial charge in [-0.15, -0.1) is 0 Å². The fraction of sp³-hybridized carbons (Fsp3) is 0.500. The van der Waals surface area contributed by atoms with Crippen LogP contribution in [-0.4, -0.2) is 30.4 Å². The highest BCUT2D eigenvalue weighted by Gasteiger charge is 2.24. The van der Waals surface area contributed by atoms with E-state index in [1.807, 2.05) is 13.8 Å². The van der Waals surface area contributed by atoms with Gasteiger partial charge in [-0.2, -0.15) is 0 Å². The molecule has 1 rings (SSSR count). The molecule has 0 aliphatic heterocycles. The van der Waals surface area contributed by atoms with Crippen molar-refractivity contribution >= 4 is 11.8 Å². The lowest BCUT2D eigenvalue weighted by Gasteiger charge is -2.19. The van der Waals surface area contributed by atoms with Gasteiger partial charge in [0.15, 0.2) is 5.78 Å². The molecule has 0 radical (unpaired) electrons. The minimum Gasteiger partial charge on any atom is -0.466 e. The van der Waals surface area contributed by atoms with Crippen LogP contribution in [0.4, 0.5) is 4.39 Å². The van der Waals surface area contributed by atoms with Crippen molar-refractivity contribution in [2.45, 2.75) is 46.2 Å². The molecule has 0 spiro atoms. The first-order valence-corrected chi connectivity index (χ1v) is 7.07. The zero-order valence-corrected chi connectivity index (χ0v) is 12.9. The summed E-state index contributed by atoms with van der Waals surface area (Å²) in [6, 6.07) is 3.56. The minimum absolute atomic E-state index is 0.0370. The average Bonchev–Trinajstić information content (AvgIpc) is 2.40. The maximum atomic E-state index is 13.3. The molecule has 1 N–H and O–H groups in total. The topological polar surface area (TPSA) is 55.4 Å². The highest BCUT2D eigenvalue weighted by atomic mass is 19.1. The summed E-state index contributed by atoms with van der Waals surface area (Å²) in [5.41, 5.74) is 0.789. The van der Waals surface area contributed by atoms with Gasteiger partial charge >= 0.3 is 5.97 Å². The van der Waals surface area contributed by atoms with E-state index in [1.165, 1.54) is 18.2 Å². The Labute approximate surface area is 124 Å². The molecule has 0 aliphatic rings. The molecule has 4 nitrogen and oxygen atoms in total. The number of Topliss-reactive ketones (excluding diaryl/α,β-unsaturated/α-hetero) is 1. The highest BCUT2D eigenvalue weighted by molar-refractivity contribution is 6.02. The third-order valence-corrected chi connectivity index (χ3v) is 2.97. The van der Waals surface area contributed by atoms with E-state index in [0.29, 0.717) is 11.1 Å². The van der Waals surface area contributed by atoms with Gasteiger partial charge in [-0.05, 0) is 37.6 Å². The molecule has 0 fully saturated rings. The maximum absolute atomic E-state index is 13.3. The lowest BCUT2D eigenvalue weighted by molar-refractivity contribution is -0.143. The summed E-state index contributed by atoms with van der Waals surface area (Å²) < 4.78 is 18.2. The molecule has 1 unspecified atom stereocenters. The van der Waals surface area contributed by atoms with E-state index >= 15 is 0 Å². The predicted octanol–water partition coefficient (Wildman–Crippen LogP) is 2.64. The molecule has 0 aromatic heterocycles. The zero-order valence-electron chi connectivity index (χ0n) is 12.9. The molecule has 116 valence electrons.